The molecule has 3 aliphatic rings. The lowest BCUT2D eigenvalue weighted by atomic mass is 9.55. The van der Waals surface area contributed by atoms with Gasteiger partial charge in [-0.1, -0.05) is 43.1 Å². The summed E-state index contributed by atoms with van der Waals surface area (Å²) in [4.78, 5) is 43.5. The molecule has 0 bridgehead atoms. The summed E-state index contributed by atoms with van der Waals surface area (Å²) < 4.78 is 25.8. The molecule has 6 unspecified atom stereocenters. The Labute approximate surface area is 354 Å². The van der Waals surface area contributed by atoms with Crippen molar-refractivity contribution in [3.63, 3.8) is 0 Å². The summed E-state index contributed by atoms with van der Waals surface area (Å²) in [6, 6.07) is 16.6. The van der Waals surface area contributed by atoms with E-state index in [0.717, 1.165) is 30.4 Å². The second kappa shape index (κ2) is 20.6. The fourth-order valence-electron chi connectivity index (χ4n) is 9.14. The van der Waals surface area contributed by atoms with E-state index in [2.05, 4.69) is 12.7 Å². The molecule has 0 radical (unpaired) electrons. The standard InChI is InChI=1S/C45H54N4O12/c1-4-21-47(44(52)57-3)41-28-39(46-59-29-30-15-17-32(18-16-30)48(53)54)37-25-31(11-6-8-22-50)36(14-7-9-23-51)42-38-27-35(60-34-13-10-12-33(26-34)49(55)56)19-20-40(38)61-45(41,43(37)42)58-24-5-2/h5,10,12-13,15-20,25-27,31,36,41-43,50-51H,2,4,6-9,11,14,21-24,28-29H2,1,3H3. The maximum Gasteiger partial charge on any atom is 0.409 e. The van der Waals surface area contributed by atoms with Gasteiger partial charge in [-0.05, 0) is 91.5 Å². The number of carbonyl (C=O) groups excluding carboxylic acids is 1. The van der Waals surface area contributed by atoms with Crippen molar-refractivity contribution in [3.8, 4) is 17.2 Å². The number of unbranched alkanes of at least 4 members (excludes halogenated alkanes) is 2. The van der Waals surface area contributed by atoms with Gasteiger partial charge in [0.25, 0.3) is 11.4 Å². The molecule has 0 spiro atoms. The third kappa shape index (κ3) is 9.87. The molecule has 3 aromatic rings. The number of aliphatic hydroxyl groups is 2. The summed E-state index contributed by atoms with van der Waals surface area (Å²) in [5.41, 5.74) is 2.71. The third-order valence-corrected chi connectivity index (χ3v) is 11.7. The van der Waals surface area contributed by atoms with Crippen LogP contribution in [0.25, 0.3) is 0 Å². The molecule has 2 aliphatic carbocycles. The molecule has 326 valence electrons. The molecule has 61 heavy (non-hydrogen) atoms. The quantitative estimate of drug-likeness (QED) is 0.0448. The first-order chi connectivity index (χ1) is 29.6. The second-order valence-electron chi connectivity index (χ2n) is 15.5. The molecule has 6 atom stereocenters. The Hall–Kier alpha value is -5.84. The van der Waals surface area contributed by atoms with Crippen molar-refractivity contribution in [2.24, 2.45) is 22.9 Å². The molecule has 0 aromatic heterocycles. The van der Waals surface area contributed by atoms with Crippen molar-refractivity contribution < 1.29 is 48.6 Å². The highest BCUT2D eigenvalue weighted by molar-refractivity contribution is 6.03. The predicted molar refractivity (Wildman–Crippen MR) is 225 cm³/mol. The number of non-ortho nitro benzene ring substituents is 2. The first-order valence-corrected chi connectivity index (χ1v) is 20.8. The van der Waals surface area contributed by atoms with Gasteiger partial charge in [-0.2, -0.15) is 0 Å². The Morgan fingerprint density at radius 2 is 1.70 bits per heavy atom. The zero-order chi connectivity index (χ0) is 43.5. The highest BCUT2D eigenvalue weighted by Gasteiger charge is 2.65. The van der Waals surface area contributed by atoms with Gasteiger partial charge in [-0.3, -0.25) is 25.1 Å². The number of hydrogen-bond acceptors (Lipinski definition) is 13. The lowest BCUT2D eigenvalue weighted by molar-refractivity contribution is -0.385. The van der Waals surface area contributed by atoms with E-state index in [1.54, 1.807) is 47.4 Å². The molecule has 3 aromatic carbocycles. The lowest BCUT2D eigenvalue weighted by Gasteiger charge is -2.59. The zero-order valence-corrected chi connectivity index (χ0v) is 34.6. The number of nitro groups is 2. The summed E-state index contributed by atoms with van der Waals surface area (Å²) in [7, 11) is 1.33. The SMILES string of the molecule is C=CCOC12Oc3ccc(Oc4cccc([N+](=O)[O-])c4)cc3C3C(CCCCO)C(CCCCO)C=C(C(=NOCc4ccc([N+](=O)[O-])cc4)CC1N(CCC)C(=O)OC)C32. The molecule has 16 heteroatoms. The van der Waals surface area contributed by atoms with E-state index in [4.69, 9.17) is 28.9 Å². The Morgan fingerprint density at radius 1 is 0.984 bits per heavy atom. The smallest absolute Gasteiger partial charge is 0.409 e. The Balaban J connectivity index is 1.56. The molecule has 1 saturated carbocycles. The van der Waals surface area contributed by atoms with Crippen LogP contribution in [0.2, 0.25) is 0 Å². The van der Waals surface area contributed by atoms with Gasteiger partial charge >= 0.3 is 6.09 Å². The number of carbonyl (C=O) groups is 1. The number of hydrogen-bond donors (Lipinski definition) is 2. The third-order valence-electron chi connectivity index (χ3n) is 11.7. The van der Waals surface area contributed by atoms with Gasteiger partial charge in [0, 0.05) is 55.9 Å². The predicted octanol–water partition coefficient (Wildman–Crippen LogP) is 8.61. The molecule has 1 amide bonds. The Morgan fingerprint density at radius 3 is 2.38 bits per heavy atom. The number of rotatable bonds is 21. The number of benzene rings is 3. The highest BCUT2D eigenvalue weighted by atomic mass is 16.7. The van der Waals surface area contributed by atoms with Crippen LogP contribution < -0.4 is 9.47 Å². The van der Waals surface area contributed by atoms with Crippen molar-refractivity contribution in [3.05, 3.63) is 122 Å². The van der Waals surface area contributed by atoms with Gasteiger partial charge in [0.15, 0.2) is 0 Å². The maximum absolute atomic E-state index is 13.8. The molecule has 1 heterocycles. The van der Waals surface area contributed by atoms with Crippen molar-refractivity contribution in [2.75, 3.05) is 33.5 Å². The second-order valence-corrected chi connectivity index (χ2v) is 15.5. The van der Waals surface area contributed by atoms with Gasteiger partial charge < -0.3 is 34.0 Å². The number of allylic oxidation sites excluding steroid dienone is 1. The molecule has 6 rings (SSSR count). The number of nitro benzene ring substituents is 2. The number of aliphatic hydroxyl groups excluding tert-OH is 2. The molecule has 1 fully saturated rings. The fraction of sp³-hybridized carbons (Fsp3) is 0.467. The first-order valence-electron chi connectivity index (χ1n) is 20.8. The van der Waals surface area contributed by atoms with Gasteiger partial charge in [0.05, 0.1) is 41.3 Å². The topological polar surface area (TPSA) is 206 Å². The van der Waals surface area contributed by atoms with Crippen LogP contribution in [-0.4, -0.2) is 82.1 Å². The van der Waals surface area contributed by atoms with E-state index >= 15 is 0 Å². The number of ether oxygens (including phenoxy) is 4. The Kier molecular flexibility index (Phi) is 15.1. The molecular weight excluding hydrogens is 789 g/mol. The molecule has 16 nitrogen and oxygen atoms in total. The van der Waals surface area contributed by atoms with E-state index in [1.165, 1.54) is 31.4 Å². The fourth-order valence-corrected chi connectivity index (χ4v) is 9.14. The van der Waals surface area contributed by atoms with E-state index in [1.807, 2.05) is 13.0 Å². The number of amides is 1. The largest absolute Gasteiger partial charge is 0.459 e. The van der Waals surface area contributed by atoms with Crippen molar-refractivity contribution in [1.82, 2.24) is 4.90 Å². The number of fused-ring (bicyclic) bond motifs is 2. The van der Waals surface area contributed by atoms with Crippen LogP contribution in [0.1, 0.15) is 75.3 Å². The first kappa shape index (κ1) is 44.7. The van der Waals surface area contributed by atoms with E-state index in [0.29, 0.717) is 55.0 Å². The van der Waals surface area contributed by atoms with Crippen molar-refractivity contribution in [2.45, 2.75) is 82.6 Å². The normalized spacial score (nSPS) is 23.1. The molecule has 2 N–H and O–H groups in total. The van der Waals surface area contributed by atoms with Crippen LogP contribution in [0.4, 0.5) is 16.2 Å². The van der Waals surface area contributed by atoms with Gasteiger partial charge in [0.1, 0.15) is 29.9 Å². The van der Waals surface area contributed by atoms with E-state index < -0.39 is 33.7 Å². The lowest BCUT2D eigenvalue weighted by Crippen LogP contribution is -2.70. The highest BCUT2D eigenvalue weighted by Crippen LogP contribution is 2.62. The minimum Gasteiger partial charge on any atom is -0.459 e. The molecular formula is C45H54N4O12. The van der Waals surface area contributed by atoms with Crippen LogP contribution in [0.5, 0.6) is 17.2 Å². The summed E-state index contributed by atoms with van der Waals surface area (Å²) in [5.74, 6) is -1.29. The summed E-state index contributed by atoms with van der Waals surface area (Å²) in [6.45, 7) is 6.39. The number of methoxy groups -OCH3 is 1. The van der Waals surface area contributed by atoms with Crippen LogP contribution in [0.3, 0.4) is 0 Å². The molecule has 0 saturated heterocycles. The monoisotopic (exact) mass is 842 g/mol. The summed E-state index contributed by atoms with van der Waals surface area (Å²) >= 11 is 0. The number of nitrogens with zero attached hydrogens (tertiary/aromatic N) is 4. The number of oxime groups is 1. The Bertz CT molecular complexity index is 2090. The van der Waals surface area contributed by atoms with Crippen molar-refractivity contribution in [1.29, 1.82) is 0 Å². The minimum absolute atomic E-state index is 0.0166. The van der Waals surface area contributed by atoms with Crippen LogP contribution in [0.15, 0.2) is 96.2 Å². The van der Waals surface area contributed by atoms with Gasteiger partial charge in [0.2, 0.25) is 5.79 Å². The minimum atomic E-state index is -1.49. The van der Waals surface area contributed by atoms with Crippen LogP contribution in [-0.2, 0) is 20.9 Å². The van der Waals surface area contributed by atoms with Gasteiger partial charge in [-0.25, -0.2) is 4.79 Å². The van der Waals surface area contributed by atoms with Crippen molar-refractivity contribution >= 4 is 23.2 Å². The summed E-state index contributed by atoms with van der Waals surface area (Å²) in [5, 5.41) is 47.4. The van der Waals surface area contributed by atoms with Gasteiger partial charge in [-0.15, -0.1) is 6.58 Å². The van der Waals surface area contributed by atoms with E-state index in [-0.39, 0.29) is 67.7 Å². The summed E-state index contributed by atoms with van der Waals surface area (Å²) in [6.07, 6.45) is 8.14. The molecule has 1 aliphatic heterocycles. The zero-order valence-electron chi connectivity index (χ0n) is 34.6. The van der Waals surface area contributed by atoms with Crippen LogP contribution in [0, 0.1) is 38.0 Å². The average molecular weight is 843 g/mol. The van der Waals surface area contributed by atoms with E-state index in [9.17, 15) is 35.2 Å². The maximum atomic E-state index is 13.8. The average Bonchev–Trinajstić information content (AvgIpc) is 3.26. The van der Waals surface area contributed by atoms with Crippen LogP contribution >= 0.6 is 0 Å².